The molecule has 1 saturated carbocycles. The SMILES string of the molecule is CC(C)n1ncnc1CC(O)C1CCC(C(C)(C)C)CC1. The Morgan fingerprint density at radius 2 is 1.86 bits per heavy atom. The van der Waals surface area contributed by atoms with Gasteiger partial charge in [-0.2, -0.15) is 5.10 Å². The summed E-state index contributed by atoms with van der Waals surface area (Å²) < 4.78 is 1.92. The summed E-state index contributed by atoms with van der Waals surface area (Å²) in [6, 6.07) is 0.298. The molecule has 1 N–H and O–H groups in total. The number of nitrogens with zero attached hydrogens (tertiary/aromatic N) is 3. The Bertz CT molecular complexity index is 439. The third kappa shape index (κ3) is 4.06. The largest absolute Gasteiger partial charge is 0.392 e. The van der Waals surface area contributed by atoms with Crippen LogP contribution in [-0.2, 0) is 6.42 Å². The Labute approximate surface area is 129 Å². The molecule has 1 unspecified atom stereocenters. The van der Waals surface area contributed by atoms with Gasteiger partial charge in [-0.1, -0.05) is 20.8 Å². The first-order valence-electron chi connectivity index (χ1n) is 8.35. The van der Waals surface area contributed by atoms with Crippen LogP contribution in [0.15, 0.2) is 6.33 Å². The lowest BCUT2D eigenvalue weighted by molar-refractivity contribution is 0.0517. The van der Waals surface area contributed by atoms with Gasteiger partial charge in [-0.3, -0.25) is 0 Å². The van der Waals surface area contributed by atoms with Gasteiger partial charge in [0.25, 0.3) is 0 Å². The quantitative estimate of drug-likeness (QED) is 0.922. The summed E-state index contributed by atoms with van der Waals surface area (Å²) in [5.74, 6) is 2.12. The predicted molar refractivity (Wildman–Crippen MR) is 85.0 cm³/mol. The monoisotopic (exact) mass is 293 g/mol. The highest BCUT2D eigenvalue weighted by Crippen LogP contribution is 2.40. The van der Waals surface area contributed by atoms with Gasteiger partial charge in [0.1, 0.15) is 12.2 Å². The molecule has 1 fully saturated rings. The molecule has 4 nitrogen and oxygen atoms in total. The first kappa shape index (κ1) is 16.5. The van der Waals surface area contributed by atoms with Crippen molar-refractivity contribution in [1.82, 2.24) is 14.8 Å². The van der Waals surface area contributed by atoms with Crippen LogP contribution in [0.3, 0.4) is 0 Å². The zero-order chi connectivity index (χ0) is 15.6. The second kappa shape index (κ2) is 6.47. The summed E-state index contributed by atoms with van der Waals surface area (Å²) in [6.07, 6.45) is 6.69. The Hall–Kier alpha value is -0.900. The van der Waals surface area contributed by atoms with Crippen LogP contribution < -0.4 is 0 Å². The summed E-state index contributed by atoms with van der Waals surface area (Å²) in [5, 5.41) is 14.8. The molecular formula is C17H31N3O. The fraction of sp³-hybridized carbons (Fsp3) is 0.882. The van der Waals surface area contributed by atoms with Gasteiger partial charge in [0, 0.05) is 12.5 Å². The van der Waals surface area contributed by atoms with E-state index >= 15 is 0 Å². The molecule has 1 aromatic heterocycles. The fourth-order valence-corrected chi connectivity index (χ4v) is 3.58. The average molecular weight is 293 g/mol. The van der Waals surface area contributed by atoms with E-state index in [4.69, 9.17) is 0 Å². The topological polar surface area (TPSA) is 50.9 Å². The van der Waals surface area contributed by atoms with Gasteiger partial charge in [0.2, 0.25) is 0 Å². The van der Waals surface area contributed by atoms with Gasteiger partial charge in [-0.25, -0.2) is 9.67 Å². The van der Waals surface area contributed by atoms with E-state index in [0.29, 0.717) is 23.8 Å². The summed E-state index contributed by atoms with van der Waals surface area (Å²) >= 11 is 0. The Morgan fingerprint density at radius 1 is 1.24 bits per heavy atom. The smallest absolute Gasteiger partial charge is 0.138 e. The highest BCUT2D eigenvalue weighted by Gasteiger charge is 2.32. The van der Waals surface area contributed by atoms with Crippen LogP contribution in [0.5, 0.6) is 0 Å². The van der Waals surface area contributed by atoms with Crippen molar-refractivity contribution in [2.45, 2.75) is 78.9 Å². The maximum absolute atomic E-state index is 10.6. The van der Waals surface area contributed by atoms with Crippen LogP contribution in [0, 0.1) is 17.3 Å². The lowest BCUT2D eigenvalue weighted by Gasteiger charge is -2.38. The molecule has 1 heterocycles. The fourth-order valence-electron chi connectivity index (χ4n) is 3.58. The van der Waals surface area contributed by atoms with Gasteiger partial charge in [-0.15, -0.1) is 0 Å². The van der Waals surface area contributed by atoms with E-state index in [2.05, 4.69) is 44.7 Å². The van der Waals surface area contributed by atoms with Crippen molar-refractivity contribution in [3.8, 4) is 0 Å². The molecule has 1 aliphatic carbocycles. The van der Waals surface area contributed by atoms with Crippen LogP contribution >= 0.6 is 0 Å². The second-order valence-electron chi connectivity index (χ2n) is 7.96. The number of aliphatic hydroxyl groups excluding tert-OH is 1. The first-order chi connectivity index (χ1) is 9.79. The van der Waals surface area contributed by atoms with E-state index < -0.39 is 0 Å². The molecule has 120 valence electrons. The molecule has 0 bridgehead atoms. The molecule has 0 radical (unpaired) electrons. The summed E-state index contributed by atoms with van der Waals surface area (Å²) in [6.45, 7) is 11.2. The third-order valence-corrected chi connectivity index (χ3v) is 5.07. The van der Waals surface area contributed by atoms with E-state index in [1.165, 1.54) is 12.8 Å². The zero-order valence-electron chi connectivity index (χ0n) is 14.2. The molecule has 0 aliphatic heterocycles. The maximum Gasteiger partial charge on any atom is 0.138 e. The van der Waals surface area contributed by atoms with Gasteiger partial charge in [-0.05, 0) is 56.8 Å². The molecule has 1 atom stereocenters. The van der Waals surface area contributed by atoms with Crippen LogP contribution in [0.2, 0.25) is 0 Å². The van der Waals surface area contributed by atoms with Crippen LogP contribution in [0.25, 0.3) is 0 Å². The van der Waals surface area contributed by atoms with E-state index in [9.17, 15) is 5.11 Å². The minimum Gasteiger partial charge on any atom is -0.392 e. The number of aromatic nitrogens is 3. The van der Waals surface area contributed by atoms with Crippen molar-refractivity contribution < 1.29 is 5.11 Å². The van der Waals surface area contributed by atoms with Crippen molar-refractivity contribution in [3.05, 3.63) is 12.2 Å². The molecule has 21 heavy (non-hydrogen) atoms. The molecule has 1 aromatic rings. The molecule has 0 aromatic carbocycles. The highest BCUT2D eigenvalue weighted by molar-refractivity contribution is 4.92. The Kier molecular flexibility index (Phi) is 5.07. The molecule has 0 amide bonds. The molecule has 0 saturated heterocycles. The minimum atomic E-state index is -0.285. The van der Waals surface area contributed by atoms with Crippen molar-refractivity contribution in [1.29, 1.82) is 0 Å². The number of hydrogen-bond acceptors (Lipinski definition) is 3. The highest BCUT2D eigenvalue weighted by atomic mass is 16.3. The van der Waals surface area contributed by atoms with Crippen LogP contribution in [0.4, 0.5) is 0 Å². The lowest BCUT2D eigenvalue weighted by atomic mass is 9.68. The average Bonchev–Trinajstić information content (AvgIpc) is 2.86. The van der Waals surface area contributed by atoms with E-state index in [-0.39, 0.29) is 6.10 Å². The number of hydrogen-bond donors (Lipinski definition) is 1. The normalized spacial score (nSPS) is 25.3. The van der Waals surface area contributed by atoms with E-state index in [1.54, 1.807) is 6.33 Å². The standard InChI is InChI=1S/C17H31N3O/c1-12(2)20-16(18-11-19-20)10-15(21)13-6-8-14(9-7-13)17(3,4)5/h11-15,21H,6-10H2,1-5H3. The van der Waals surface area contributed by atoms with Gasteiger partial charge < -0.3 is 5.11 Å². The number of rotatable bonds is 4. The maximum atomic E-state index is 10.6. The van der Waals surface area contributed by atoms with Gasteiger partial charge >= 0.3 is 0 Å². The van der Waals surface area contributed by atoms with Crippen molar-refractivity contribution in [2.75, 3.05) is 0 Å². The minimum absolute atomic E-state index is 0.285. The van der Waals surface area contributed by atoms with Crippen molar-refractivity contribution in [3.63, 3.8) is 0 Å². The van der Waals surface area contributed by atoms with Crippen LogP contribution in [0.1, 0.15) is 72.2 Å². The molecule has 4 heteroatoms. The Morgan fingerprint density at radius 3 is 2.38 bits per heavy atom. The molecule has 2 rings (SSSR count). The van der Waals surface area contributed by atoms with Crippen molar-refractivity contribution in [2.24, 2.45) is 17.3 Å². The van der Waals surface area contributed by atoms with E-state index in [1.807, 2.05) is 4.68 Å². The number of aliphatic hydroxyl groups is 1. The molecule has 1 aliphatic rings. The summed E-state index contributed by atoms with van der Waals surface area (Å²) in [4.78, 5) is 4.32. The van der Waals surface area contributed by atoms with Crippen LogP contribution in [-0.4, -0.2) is 26.0 Å². The third-order valence-electron chi connectivity index (χ3n) is 5.07. The van der Waals surface area contributed by atoms with Gasteiger partial charge in [0.15, 0.2) is 0 Å². The summed E-state index contributed by atoms with van der Waals surface area (Å²) in [5.41, 5.74) is 0.397. The molecule has 0 spiro atoms. The summed E-state index contributed by atoms with van der Waals surface area (Å²) in [7, 11) is 0. The Balaban J connectivity index is 1.90. The van der Waals surface area contributed by atoms with Gasteiger partial charge in [0.05, 0.1) is 6.10 Å². The zero-order valence-corrected chi connectivity index (χ0v) is 14.2. The van der Waals surface area contributed by atoms with Crippen molar-refractivity contribution >= 4 is 0 Å². The first-order valence-corrected chi connectivity index (χ1v) is 8.35. The van der Waals surface area contributed by atoms with E-state index in [0.717, 1.165) is 24.6 Å². The molecular weight excluding hydrogens is 262 g/mol. The second-order valence-corrected chi connectivity index (χ2v) is 7.96. The predicted octanol–water partition coefficient (Wildman–Crippen LogP) is 3.61. The lowest BCUT2D eigenvalue weighted by Crippen LogP contribution is -2.32.